The van der Waals surface area contributed by atoms with Gasteiger partial charge in [-0.3, -0.25) is 0 Å². The number of rotatable bonds is 3. The standard InChI is InChI=1S/C5H6BrF5/c6-3-1-2-4(7,8)5(9,10)11/h1-3H2. The van der Waals surface area contributed by atoms with E-state index in [9.17, 15) is 22.0 Å². The van der Waals surface area contributed by atoms with Crippen LogP contribution in [0.4, 0.5) is 22.0 Å². The Morgan fingerprint density at radius 1 is 1.00 bits per heavy atom. The molecular formula is C5H6BrF5. The molecule has 0 atom stereocenters. The fourth-order valence-corrected chi connectivity index (χ4v) is 0.711. The normalized spacial score (nSPS) is 13.6. The zero-order chi connectivity index (χ0) is 9.12. The van der Waals surface area contributed by atoms with Crippen LogP contribution in [-0.4, -0.2) is 17.4 Å². The summed E-state index contributed by atoms with van der Waals surface area (Å²) in [5.41, 5.74) is 0. The molecule has 0 bridgehead atoms. The van der Waals surface area contributed by atoms with E-state index in [-0.39, 0.29) is 11.8 Å². The molecule has 0 amide bonds. The third kappa shape index (κ3) is 3.35. The van der Waals surface area contributed by atoms with Crippen LogP contribution < -0.4 is 0 Å². The zero-order valence-corrected chi connectivity index (χ0v) is 6.98. The number of hydrogen-bond acceptors (Lipinski definition) is 0. The van der Waals surface area contributed by atoms with Crippen LogP contribution >= 0.6 is 15.9 Å². The van der Waals surface area contributed by atoms with Gasteiger partial charge in [-0.25, -0.2) is 0 Å². The maximum atomic E-state index is 12.0. The lowest BCUT2D eigenvalue weighted by atomic mass is 10.2. The third-order valence-corrected chi connectivity index (χ3v) is 1.60. The minimum absolute atomic E-state index is 0.151. The highest BCUT2D eigenvalue weighted by molar-refractivity contribution is 9.09. The molecule has 11 heavy (non-hydrogen) atoms. The van der Waals surface area contributed by atoms with Gasteiger partial charge in [0.2, 0.25) is 0 Å². The molecule has 0 saturated carbocycles. The largest absolute Gasteiger partial charge is 0.453 e. The summed E-state index contributed by atoms with van der Waals surface area (Å²) >= 11 is 2.77. The van der Waals surface area contributed by atoms with Crippen LogP contribution in [0.3, 0.4) is 0 Å². The van der Waals surface area contributed by atoms with Crippen molar-refractivity contribution in [2.75, 3.05) is 5.33 Å². The van der Waals surface area contributed by atoms with Crippen molar-refractivity contribution in [2.24, 2.45) is 0 Å². The number of halogens is 6. The summed E-state index contributed by atoms with van der Waals surface area (Å²) in [6, 6.07) is 0. The summed E-state index contributed by atoms with van der Waals surface area (Å²) in [6.45, 7) is 0. The van der Waals surface area contributed by atoms with E-state index >= 15 is 0 Å². The van der Waals surface area contributed by atoms with Gasteiger partial charge in [0.05, 0.1) is 0 Å². The van der Waals surface area contributed by atoms with Gasteiger partial charge in [-0.05, 0) is 6.42 Å². The van der Waals surface area contributed by atoms with Crippen LogP contribution in [0.2, 0.25) is 0 Å². The first kappa shape index (κ1) is 11.1. The lowest BCUT2D eigenvalue weighted by Crippen LogP contribution is -2.36. The quantitative estimate of drug-likeness (QED) is 0.525. The fraction of sp³-hybridized carbons (Fsp3) is 1.00. The molecule has 0 aromatic heterocycles. The van der Waals surface area contributed by atoms with Crippen LogP contribution in [0.25, 0.3) is 0 Å². The van der Waals surface area contributed by atoms with Crippen LogP contribution in [0.5, 0.6) is 0 Å². The second-order valence-corrected chi connectivity index (χ2v) is 2.79. The lowest BCUT2D eigenvalue weighted by Gasteiger charge is -2.18. The van der Waals surface area contributed by atoms with Crippen molar-refractivity contribution in [3.63, 3.8) is 0 Å². The summed E-state index contributed by atoms with van der Waals surface area (Å²) in [5, 5.41) is 0.151. The Hall–Kier alpha value is 0.130. The van der Waals surface area contributed by atoms with E-state index in [4.69, 9.17) is 0 Å². The van der Waals surface area contributed by atoms with Crippen LogP contribution in [-0.2, 0) is 0 Å². The highest BCUT2D eigenvalue weighted by Gasteiger charge is 2.56. The van der Waals surface area contributed by atoms with Gasteiger partial charge in [-0.15, -0.1) is 0 Å². The van der Waals surface area contributed by atoms with Crippen molar-refractivity contribution in [1.82, 2.24) is 0 Å². The average Bonchev–Trinajstić information content (AvgIpc) is 1.81. The highest BCUT2D eigenvalue weighted by Crippen LogP contribution is 2.38. The van der Waals surface area contributed by atoms with Crippen LogP contribution in [0, 0.1) is 0 Å². The monoisotopic (exact) mass is 240 g/mol. The van der Waals surface area contributed by atoms with Crippen LogP contribution in [0.1, 0.15) is 12.8 Å². The molecule has 0 aliphatic rings. The van der Waals surface area contributed by atoms with Gasteiger partial charge in [-0.2, -0.15) is 22.0 Å². The van der Waals surface area contributed by atoms with Gasteiger partial charge in [0.1, 0.15) is 0 Å². The maximum Gasteiger partial charge on any atom is 0.453 e. The Kier molecular flexibility index (Phi) is 3.73. The van der Waals surface area contributed by atoms with E-state index in [0.29, 0.717) is 0 Å². The molecule has 0 aliphatic carbocycles. The fourth-order valence-electron chi connectivity index (χ4n) is 0.431. The van der Waals surface area contributed by atoms with Gasteiger partial charge < -0.3 is 0 Å². The molecule has 0 spiro atoms. The van der Waals surface area contributed by atoms with Crippen molar-refractivity contribution in [3.8, 4) is 0 Å². The highest BCUT2D eigenvalue weighted by atomic mass is 79.9. The maximum absolute atomic E-state index is 12.0. The predicted molar refractivity (Wildman–Crippen MR) is 34.0 cm³/mol. The molecule has 6 heteroatoms. The SMILES string of the molecule is FC(F)(F)C(F)(F)CCCBr. The first-order valence-electron chi connectivity index (χ1n) is 2.82. The summed E-state index contributed by atoms with van der Waals surface area (Å²) in [5.74, 6) is -4.54. The summed E-state index contributed by atoms with van der Waals surface area (Å²) in [4.78, 5) is 0. The van der Waals surface area contributed by atoms with E-state index in [0.717, 1.165) is 0 Å². The molecule has 0 aliphatic heterocycles. The average molecular weight is 241 g/mol. The molecule has 0 rings (SSSR count). The molecule has 0 nitrogen and oxygen atoms in total. The van der Waals surface area contributed by atoms with Gasteiger partial charge in [0.15, 0.2) is 0 Å². The van der Waals surface area contributed by atoms with Crippen molar-refractivity contribution in [2.45, 2.75) is 24.9 Å². The molecule has 0 fully saturated rings. The molecule has 0 aromatic rings. The van der Waals surface area contributed by atoms with Crippen molar-refractivity contribution in [3.05, 3.63) is 0 Å². The summed E-state index contributed by atoms with van der Waals surface area (Å²) in [6.07, 6.45) is -6.75. The molecule has 0 N–H and O–H groups in total. The van der Waals surface area contributed by atoms with E-state index < -0.39 is 18.5 Å². The second-order valence-electron chi connectivity index (χ2n) is 1.99. The van der Waals surface area contributed by atoms with E-state index in [1.165, 1.54) is 0 Å². The Bertz CT molecular complexity index is 119. The Balaban J connectivity index is 4.00. The minimum Gasteiger partial charge on any atom is -0.196 e. The van der Waals surface area contributed by atoms with Crippen molar-refractivity contribution in [1.29, 1.82) is 0 Å². The Morgan fingerprint density at radius 3 is 1.73 bits per heavy atom. The minimum atomic E-state index is -5.41. The first-order valence-corrected chi connectivity index (χ1v) is 3.94. The van der Waals surface area contributed by atoms with Crippen molar-refractivity contribution < 1.29 is 22.0 Å². The molecule has 0 aromatic carbocycles. The second kappa shape index (κ2) is 3.69. The van der Waals surface area contributed by atoms with Crippen molar-refractivity contribution >= 4 is 15.9 Å². The van der Waals surface area contributed by atoms with E-state index in [1.807, 2.05) is 0 Å². The van der Waals surface area contributed by atoms with Gasteiger partial charge in [0, 0.05) is 11.8 Å². The summed E-state index contributed by atoms with van der Waals surface area (Å²) < 4.78 is 58.1. The van der Waals surface area contributed by atoms with Gasteiger partial charge in [-0.1, -0.05) is 15.9 Å². The number of alkyl halides is 6. The molecule has 0 saturated heterocycles. The molecule has 0 unspecified atom stereocenters. The van der Waals surface area contributed by atoms with E-state index in [2.05, 4.69) is 15.9 Å². The molecule has 68 valence electrons. The molecule has 0 radical (unpaired) electrons. The Labute approximate surface area is 68.9 Å². The van der Waals surface area contributed by atoms with Gasteiger partial charge >= 0.3 is 12.1 Å². The third-order valence-electron chi connectivity index (χ3n) is 1.04. The summed E-state index contributed by atoms with van der Waals surface area (Å²) in [7, 11) is 0. The smallest absolute Gasteiger partial charge is 0.196 e. The molecule has 0 heterocycles. The van der Waals surface area contributed by atoms with E-state index in [1.54, 1.807) is 0 Å². The number of hydrogen-bond donors (Lipinski definition) is 0. The molecular weight excluding hydrogens is 235 g/mol. The zero-order valence-electron chi connectivity index (χ0n) is 5.39. The Morgan fingerprint density at radius 2 is 1.45 bits per heavy atom. The van der Waals surface area contributed by atoms with Gasteiger partial charge in [0.25, 0.3) is 0 Å². The van der Waals surface area contributed by atoms with Crippen LogP contribution in [0.15, 0.2) is 0 Å². The topological polar surface area (TPSA) is 0 Å². The predicted octanol–water partition coefficient (Wildman–Crippen LogP) is 3.36. The lowest BCUT2D eigenvalue weighted by molar-refractivity contribution is -0.284. The first-order chi connectivity index (χ1) is 4.81.